The Morgan fingerprint density at radius 3 is 2.04 bits per heavy atom. The molecule has 1 atom stereocenters. The van der Waals surface area contributed by atoms with Gasteiger partial charge in [0.05, 0.1) is 5.92 Å². The molecular weight excluding hydrogens is 352 g/mol. The fourth-order valence-electron chi connectivity index (χ4n) is 4.82. The molecule has 0 aromatic heterocycles. The van der Waals surface area contributed by atoms with Crippen molar-refractivity contribution in [3.8, 4) is 0 Å². The third-order valence-electron chi connectivity index (χ3n) is 5.94. The van der Waals surface area contributed by atoms with Crippen molar-refractivity contribution in [2.75, 3.05) is 0 Å². The normalized spacial score (nSPS) is 23.8. The minimum Gasteiger partial charge on any atom is -0.512 e. The van der Waals surface area contributed by atoms with Crippen LogP contribution in [-0.4, -0.2) is 22.5 Å². The van der Waals surface area contributed by atoms with E-state index in [1.165, 1.54) is 0 Å². The maximum Gasteiger partial charge on any atom is 0.163 e. The summed E-state index contributed by atoms with van der Waals surface area (Å²) in [6.07, 6.45) is 1.28. The molecule has 1 aromatic carbocycles. The van der Waals surface area contributed by atoms with Crippen LogP contribution in [0.25, 0.3) is 0 Å². The maximum atomic E-state index is 13.1. The number of aliphatic hydroxyl groups excluding tert-OH is 1. The largest absolute Gasteiger partial charge is 0.512 e. The van der Waals surface area contributed by atoms with Gasteiger partial charge in [-0.1, -0.05) is 57.5 Å². The summed E-state index contributed by atoms with van der Waals surface area (Å²) in [5.74, 6) is -2.02. The minimum atomic E-state index is -0.905. The van der Waals surface area contributed by atoms with Crippen LogP contribution >= 0.6 is 0 Å². The highest BCUT2D eigenvalue weighted by atomic mass is 16.3. The van der Waals surface area contributed by atoms with E-state index in [1.807, 2.05) is 58.9 Å². The van der Waals surface area contributed by atoms with Crippen LogP contribution in [-0.2, 0) is 14.4 Å². The summed E-state index contributed by atoms with van der Waals surface area (Å²) in [4.78, 5) is 39.2. The lowest BCUT2D eigenvalue weighted by molar-refractivity contribution is -0.140. The number of hydrogen-bond donors (Lipinski definition) is 1. The van der Waals surface area contributed by atoms with Crippen LogP contribution in [0.3, 0.4) is 0 Å². The fraction of sp³-hybridized carbons (Fsp3) is 0.542. The molecule has 3 rings (SSSR count). The number of aryl methyl sites for hydroxylation is 1. The molecule has 4 nitrogen and oxygen atoms in total. The van der Waals surface area contributed by atoms with Crippen molar-refractivity contribution in [3.05, 3.63) is 46.7 Å². The molecule has 0 aliphatic heterocycles. The molecule has 1 fully saturated rings. The molecule has 0 amide bonds. The first kappa shape index (κ1) is 20.5. The van der Waals surface area contributed by atoms with Crippen molar-refractivity contribution in [2.45, 2.75) is 66.2 Å². The van der Waals surface area contributed by atoms with Gasteiger partial charge in [-0.05, 0) is 23.3 Å². The van der Waals surface area contributed by atoms with Crippen molar-refractivity contribution in [3.63, 3.8) is 0 Å². The summed E-state index contributed by atoms with van der Waals surface area (Å²) in [7, 11) is 0. The topological polar surface area (TPSA) is 71.4 Å². The average Bonchev–Trinajstić information content (AvgIpc) is 2.49. The summed E-state index contributed by atoms with van der Waals surface area (Å²) in [5, 5.41) is 10.8. The average molecular weight is 383 g/mol. The quantitative estimate of drug-likeness (QED) is 0.758. The van der Waals surface area contributed by atoms with Gasteiger partial charge in [0.25, 0.3) is 0 Å². The van der Waals surface area contributed by atoms with Crippen molar-refractivity contribution in [2.24, 2.45) is 16.7 Å². The van der Waals surface area contributed by atoms with E-state index in [4.69, 9.17) is 0 Å². The highest BCUT2D eigenvalue weighted by Crippen LogP contribution is 2.47. The number of allylic oxidation sites excluding steroid dienone is 2. The number of carbonyl (C=O) groups is 3. The molecular formula is C24H30O4. The van der Waals surface area contributed by atoms with Gasteiger partial charge in [0.2, 0.25) is 0 Å². The zero-order chi connectivity index (χ0) is 20.9. The molecule has 1 aromatic rings. The second kappa shape index (κ2) is 6.98. The molecule has 0 bridgehead atoms. The second-order valence-corrected chi connectivity index (χ2v) is 10.1. The zero-order valence-corrected chi connectivity index (χ0v) is 17.5. The van der Waals surface area contributed by atoms with Gasteiger partial charge in [-0.25, -0.2) is 0 Å². The van der Waals surface area contributed by atoms with Crippen LogP contribution in [0.4, 0.5) is 0 Å². The van der Waals surface area contributed by atoms with Crippen molar-refractivity contribution in [1.29, 1.82) is 0 Å². The number of aliphatic hydroxyl groups is 1. The lowest BCUT2D eigenvalue weighted by Gasteiger charge is -2.39. The van der Waals surface area contributed by atoms with E-state index in [0.717, 1.165) is 11.1 Å². The smallest absolute Gasteiger partial charge is 0.163 e. The third kappa shape index (κ3) is 3.96. The van der Waals surface area contributed by atoms with Gasteiger partial charge in [-0.2, -0.15) is 0 Å². The SMILES string of the molecule is Cc1cccc(C(C2=C(O)CC(C)(C)CC2=O)C2C(=O)CC(C)(C)CC2=O)c1. The Hall–Kier alpha value is -2.23. The number of rotatable bonds is 3. The summed E-state index contributed by atoms with van der Waals surface area (Å²) >= 11 is 0. The summed E-state index contributed by atoms with van der Waals surface area (Å²) in [6, 6.07) is 7.58. The summed E-state index contributed by atoms with van der Waals surface area (Å²) in [5.41, 5.74) is 1.31. The van der Waals surface area contributed by atoms with Gasteiger partial charge in [-0.15, -0.1) is 0 Å². The van der Waals surface area contributed by atoms with Gasteiger partial charge in [-0.3, -0.25) is 14.4 Å². The standard InChI is InChI=1S/C24H30O4/c1-14-7-6-8-15(9-14)20(21-16(25)10-23(2,3)11-17(21)26)22-18(27)12-24(4,5)13-19(22)28/h6-9,20-21,27H,10-13H2,1-5H3. The molecule has 2 aliphatic carbocycles. The first-order valence-electron chi connectivity index (χ1n) is 9.97. The minimum absolute atomic E-state index is 0.0261. The molecule has 0 spiro atoms. The van der Waals surface area contributed by atoms with Crippen LogP contribution in [0.2, 0.25) is 0 Å². The molecule has 150 valence electrons. The van der Waals surface area contributed by atoms with E-state index in [1.54, 1.807) is 0 Å². The highest BCUT2D eigenvalue weighted by molar-refractivity contribution is 6.09. The molecule has 28 heavy (non-hydrogen) atoms. The van der Waals surface area contributed by atoms with E-state index < -0.39 is 11.8 Å². The number of benzene rings is 1. The van der Waals surface area contributed by atoms with Crippen LogP contribution in [0.5, 0.6) is 0 Å². The third-order valence-corrected chi connectivity index (χ3v) is 5.94. The molecule has 0 radical (unpaired) electrons. The van der Waals surface area contributed by atoms with E-state index in [0.29, 0.717) is 25.7 Å². The Morgan fingerprint density at radius 1 is 0.929 bits per heavy atom. The van der Waals surface area contributed by atoms with E-state index in [9.17, 15) is 19.5 Å². The molecule has 2 aliphatic rings. The Labute approximate surface area is 167 Å². The number of ketones is 3. The molecule has 1 N–H and O–H groups in total. The van der Waals surface area contributed by atoms with Gasteiger partial charge in [0, 0.05) is 37.2 Å². The molecule has 0 saturated heterocycles. The van der Waals surface area contributed by atoms with E-state index >= 15 is 0 Å². The number of hydrogen-bond acceptors (Lipinski definition) is 4. The first-order chi connectivity index (χ1) is 12.9. The number of carbonyl (C=O) groups excluding carboxylic acids is 3. The molecule has 1 saturated carbocycles. The highest BCUT2D eigenvalue weighted by Gasteiger charge is 2.48. The predicted molar refractivity (Wildman–Crippen MR) is 108 cm³/mol. The Morgan fingerprint density at radius 2 is 1.50 bits per heavy atom. The first-order valence-corrected chi connectivity index (χ1v) is 9.97. The lowest BCUT2D eigenvalue weighted by Crippen LogP contribution is -2.43. The van der Waals surface area contributed by atoms with Crippen LogP contribution in [0.15, 0.2) is 35.6 Å². The van der Waals surface area contributed by atoms with Gasteiger partial charge in [0.15, 0.2) is 5.78 Å². The maximum absolute atomic E-state index is 13.1. The monoisotopic (exact) mass is 382 g/mol. The Bertz CT molecular complexity index is 852. The summed E-state index contributed by atoms with van der Waals surface area (Å²) in [6.45, 7) is 9.67. The van der Waals surface area contributed by atoms with Crippen molar-refractivity contribution >= 4 is 17.3 Å². The summed E-state index contributed by atoms with van der Waals surface area (Å²) < 4.78 is 0. The van der Waals surface area contributed by atoms with Gasteiger partial charge < -0.3 is 5.11 Å². The van der Waals surface area contributed by atoms with Crippen LogP contribution in [0.1, 0.15) is 70.4 Å². The molecule has 4 heteroatoms. The molecule has 1 unspecified atom stereocenters. The second-order valence-electron chi connectivity index (χ2n) is 10.1. The zero-order valence-electron chi connectivity index (χ0n) is 17.5. The van der Waals surface area contributed by atoms with Gasteiger partial charge in [0.1, 0.15) is 17.3 Å². The Balaban J connectivity index is 2.16. The lowest BCUT2D eigenvalue weighted by atomic mass is 9.62. The Kier molecular flexibility index (Phi) is 5.11. The van der Waals surface area contributed by atoms with E-state index in [2.05, 4.69) is 0 Å². The molecule has 0 heterocycles. The van der Waals surface area contributed by atoms with Crippen LogP contribution < -0.4 is 0 Å². The van der Waals surface area contributed by atoms with Crippen molar-refractivity contribution in [1.82, 2.24) is 0 Å². The van der Waals surface area contributed by atoms with Crippen molar-refractivity contribution < 1.29 is 19.5 Å². The van der Waals surface area contributed by atoms with Crippen LogP contribution in [0, 0.1) is 23.7 Å². The van der Waals surface area contributed by atoms with Gasteiger partial charge >= 0.3 is 0 Å². The fourth-order valence-corrected chi connectivity index (χ4v) is 4.82. The number of Topliss-reactive ketones (excluding diaryl/α,β-unsaturated/α-hetero) is 3. The predicted octanol–water partition coefficient (Wildman–Crippen LogP) is 4.85. The van der Waals surface area contributed by atoms with E-state index in [-0.39, 0.29) is 39.5 Å².